The van der Waals surface area contributed by atoms with Crippen LogP contribution in [0, 0.1) is 5.82 Å². The van der Waals surface area contributed by atoms with Crippen LogP contribution in [-0.2, 0) is 6.42 Å². The number of rotatable bonds is 7. The van der Waals surface area contributed by atoms with Crippen LogP contribution in [-0.4, -0.2) is 49.9 Å². The van der Waals surface area contributed by atoms with E-state index in [0.717, 1.165) is 55.8 Å². The summed E-state index contributed by atoms with van der Waals surface area (Å²) in [4.78, 5) is 2.46. The highest BCUT2D eigenvalue weighted by Crippen LogP contribution is 2.22. The summed E-state index contributed by atoms with van der Waals surface area (Å²) >= 11 is 4.32. The summed E-state index contributed by atoms with van der Waals surface area (Å²) in [5, 5.41) is 6.79. The molecule has 130 valence electrons. The fourth-order valence-electron chi connectivity index (χ4n) is 3.36. The molecule has 0 radical (unpaired) electrons. The van der Waals surface area contributed by atoms with Crippen molar-refractivity contribution in [3.8, 4) is 0 Å². The Hall–Kier alpha value is -0.780. The van der Waals surface area contributed by atoms with Gasteiger partial charge in [0.05, 0.1) is 0 Å². The summed E-state index contributed by atoms with van der Waals surface area (Å²) in [6.07, 6.45) is 5.22. The molecule has 2 atom stereocenters. The van der Waals surface area contributed by atoms with E-state index >= 15 is 0 Å². The maximum Gasteiger partial charge on any atom is 0.128 e. The molecule has 0 amide bonds. The van der Waals surface area contributed by atoms with E-state index in [-0.39, 0.29) is 5.82 Å². The number of thiol groups is 1. The Balaban J connectivity index is 1.89. The van der Waals surface area contributed by atoms with Gasteiger partial charge in [-0.2, -0.15) is 12.6 Å². The second-order valence-electron chi connectivity index (χ2n) is 6.45. The minimum atomic E-state index is -0.103. The molecule has 1 fully saturated rings. The molecule has 2 unspecified atom stereocenters. The highest BCUT2D eigenvalue weighted by Gasteiger charge is 2.22. The topological polar surface area (TPSA) is 27.3 Å². The SMILES string of the molecule is CNc1cccc(F)c1CCC1CCN(C)C(CCCS)CN1. The molecule has 23 heavy (non-hydrogen) atoms. The molecule has 0 aromatic heterocycles. The molecule has 1 aliphatic heterocycles. The zero-order chi connectivity index (χ0) is 16.7. The normalized spacial score (nSPS) is 22.8. The van der Waals surface area contributed by atoms with Crippen LogP contribution in [0.3, 0.4) is 0 Å². The van der Waals surface area contributed by atoms with Gasteiger partial charge in [-0.1, -0.05) is 6.07 Å². The summed E-state index contributed by atoms with van der Waals surface area (Å²) in [5.74, 6) is 0.850. The molecule has 0 bridgehead atoms. The van der Waals surface area contributed by atoms with Gasteiger partial charge < -0.3 is 15.5 Å². The maximum atomic E-state index is 14.1. The van der Waals surface area contributed by atoms with Gasteiger partial charge in [0.15, 0.2) is 0 Å². The van der Waals surface area contributed by atoms with Crippen molar-refractivity contribution in [2.75, 3.05) is 38.3 Å². The molecule has 0 aliphatic carbocycles. The Morgan fingerprint density at radius 1 is 1.39 bits per heavy atom. The molecule has 1 aromatic carbocycles. The third kappa shape index (κ3) is 5.37. The summed E-state index contributed by atoms with van der Waals surface area (Å²) < 4.78 is 14.1. The van der Waals surface area contributed by atoms with Crippen molar-refractivity contribution in [2.24, 2.45) is 0 Å². The molecular weight excluding hydrogens is 309 g/mol. The number of benzene rings is 1. The average molecular weight is 340 g/mol. The smallest absolute Gasteiger partial charge is 0.128 e. The van der Waals surface area contributed by atoms with E-state index in [1.54, 1.807) is 12.1 Å². The maximum absolute atomic E-state index is 14.1. The average Bonchev–Trinajstić information content (AvgIpc) is 2.73. The van der Waals surface area contributed by atoms with Crippen molar-refractivity contribution in [3.05, 3.63) is 29.6 Å². The van der Waals surface area contributed by atoms with E-state index in [0.29, 0.717) is 12.1 Å². The summed E-state index contributed by atoms with van der Waals surface area (Å²) in [6.45, 7) is 2.12. The lowest BCUT2D eigenvalue weighted by molar-refractivity contribution is 0.244. The monoisotopic (exact) mass is 339 g/mol. The number of hydrogen-bond acceptors (Lipinski definition) is 4. The molecule has 2 rings (SSSR count). The van der Waals surface area contributed by atoms with Crippen molar-refractivity contribution in [1.29, 1.82) is 0 Å². The zero-order valence-corrected chi connectivity index (χ0v) is 15.2. The molecule has 3 nitrogen and oxygen atoms in total. The van der Waals surface area contributed by atoms with Gasteiger partial charge in [0.25, 0.3) is 0 Å². The van der Waals surface area contributed by atoms with Crippen molar-refractivity contribution < 1.29 is 4.39 Å². The fourth-order valence-corrected chi connectivity index (χ4v) is 3.55. The lowest BCUT2D eigenvalue weighted by atomic mass is 10.0. The molecule has 0 spiro atoms. The predicted octanol–water partition coefficient (Wildman–Crippen LogP) is 3.17. The van der Waals surface area contributed by atoms with Crippen molar-refractivity contribution in [2.45, 2.75) is 44.2 Å². The van der Waals surface area contributed by atoms with Crippen LogP contribution < -0.4 is 10.6 Å². The molecule has 1 aliphatic rings. The van der Waals surface area contributed by atoms with Crippen molar-refractivity contribution >= 4 is 18.3 Å². The second-order valence-corrected chi connectivity index (χ2v) is 6.90. The first kappa shape index (κ1) is 18.6. The Bertz CT molecular complexity index is 483. The third-order valence-electron chi connectivity index (χ3n) is 4.92. The number of nitrogens with one attached hydrogen (secondary N) is 2. The molecule has 1 aromatic rings. The van der Waals surface area contributed by atoms with Gasteiger partial charge in [-0.25, -0.2) is 4.39 Å². The lowest BCUT2D eigenvalue weighted by Gasteiger charge is -2.25. The van der Waals surface area contributed by atoms with Gasteiger partial charge in [-0.15, -0.1) is 0 Å². The van der Waals surface area contributed by atoms with Crippen molar-refractivity contribution in [3.63, 3.8) is 0 Å². The predicted molar refractivity (Wildman–Crippen MR) is 100 cm³/mol. The standard InChI is InChI=1S/C18H30FN3S/c1-20-18-7-3-6-17(19)16(18)9-8-14-10-11-22(2)15(13-21-14)5-4-12-23/h3,6-7,14-15,20-21,23H,4-5,8-13H2,1-2H3. The Morgan fingerprint density at radius 3 is 2.96 bits per heavy atom. The highest BCUT2D eigenvalue weighted by molar-refractivity contribution is 7.80. The van der Waals surface area contributed by atoms with Crippen LogP contribution >= 0.6 is 12.6 Å². The van der Waals surface area contributed by atoms with Crippen LogP contribution in [0.25, 0.3) is 0 Å². The van der Waals surface area contributed by atoms with Gasteiger partial charge in [0, 0.05) is 36.9 Å². The number of likely N-dealkylation sites (N-methyl/N-ethyl adjacent to an activating group) is 1. The van der Waals surface area contributed by atoms with Crippen LogP contribution in [0.4, 0.5) is 10.1 Å². The van der Waals surface area contributed by atoms with E-state index in [1.165, 1.54) is 6.42 Å². The Morgan fingerprint density at radius 2 is 2.22 bits per heavy atom. The van der Waals surface area contributed by atoms with Crippen LogP contribution in [0.5, 0.6) is 0 Å². The Labute approximate surface area is 145 Å². The quantitative estimate of drug-likeness (QED) is 0.666. The summed E-state index contributed by atoms with van der Waals surface area (Å²) in [7, 11) is 4.06. The Kier molecular flexibility index (Phi) is 7.66. The molecular formula is C18H30FN3S. The van der Waals surface area contributed by atoms with E-state index in [9.17, 15) is 4.39 Å². The number of anilines is 1. The fraction of sp³-hybridized carbons (Fsp3) is 0.667. The molecule has 5 heteroatoms. The van der Waals surface area contributed by atoms with Crippen molar-refractivity contribution in [1.82, 2.24) is 10.2 Å². The van der Waals surface area contributed by atoms with Gasteiger partial charge >= 0.3 is 0 Å². The second kappa shape index (κ2) is 9.50. The van der Waals surface area contributed by atoms with E-state index < -0.39 is 0 Å². The van der Waals surface area contributed by atoms with Crippen LogP contribution in [0.2, 0.25) is 0 Å². The van der Waals surface area contributed by atoms with Gasteiger partial charge in [0.2, 0.25) is 0 Å². The van der Waals surface area contributed by atoms with E-state index in [4.69, 9.17) is 0 Å². The number of nitrogens with zero attached hydrogens (tertiary/aromatic N) is 1. The number of halogens is 1. The summed E-state index contributed by atoms with van der Waals surface area (Å²) in [6, 6.07) is 6.31. The lowest BCUT2D eigenvalue weighted by Crippen LogP contribution is -2.38. The van der Waals surface area contributed by atoms with E-state index in [2.05, 4.69) is 35.2 Å². The van der Waals surface area contributed by atoms with Crippen LogP contribution in [0.15, 0.2) is 18.2 Å². The van der Waals surface area contributed by atoms with Gasteiger partial charge in [-0.05, 0) is 63.6 Å². The van der Waals surface area contributed by atoms with E-state index in [1.807, 2.05) is 13.1 Å². The first-order chi connectivity index (χ1) is 11.2. The largest absolute Gasteiger partial charge is 0.388 e. The molecule has 2 N–H and O–H groups in total. The molecule has 1 heterocycles. The molecule has 1 saturated heterocycles. The zero-order valence-electron chi connectivity index (χ0n) is 14.3. The first-order valence-electron chi connectivity index (χ1n) is 8.65. The first-order valence-corrected chi connectivity index (χ1v) is 9.28. The van der Waals surface area contributed by atoms with Gasteiger partial charge in [0.1, 0.15) is 5.82 Å². The van der Waals surface area contributed by atoms with Crippen LogP contribution in [0.1, 0.15) is 31.2 Å². The minimum Gasteiger partial charge on any atom is -0.388 e. The van der Waals surface area contributed by atoms with Gasteiger partial charge in [-0.3, -0.25) is 0 Å². The number of hydrogen-bond donors (Lipinski definition) is 3. The highest BCUT2D eigenvalue weighted by atomic mass is 32.1. The third-order valence-corrected chi connectivity index (χ3v) is 5.24. The molecule has 0 saturated carbocycles. The minimum absolute atomic E-state index is 0.103. The summed E-state index contributed by atoms with van der Waals surface area (Å²) in [5.41, 5.74) is 1.71.